The normalized spacial score (nSPS) is 18.3. The Balaban J connectivity index is 1.89. The molecule has 0 bridgehead atoms. The van der Waals surface area contributed by atoms with Gasteiger partial charge in [0.2, 0.25) is 0 Å². The molecule has 0 amide bonds. The molecular weight excluding hydrogens is 242 g/mol. The minimum absolute atomic E-state index is 0.433. The standard InChI is InChI=1S/C16H32ClN/c1-2-3-4-5-6-7-10-13-18-15-16(14-17)11-8-9-12-16/h18H,2-15H2,1H3. The number of rotatable bonds is 11. The third-order valence-electron chi connectivity index (χ3n) is 4.40. The molecule has 1 nitrogen and oxygen atoms in total. The average Bonchev–Trinajstić information content (AvgIpc) is 2.86. The summed E-state index contributed by atoms with van der Waals surface area (Å²) in [7, 11) is 0. The monoisotopic (exact) mass is 273 g/mol. The Morgan fingerprint density at radius 2 is 1.56 bits per heavy atom. The first-order valence-electron chi connectivity index (χ1n) is 8.10. The molecule has 1 rings (SSSR count). The van der Waals surface area contributed by atoms with Gasteiger partial charge in [-0.2, -0.15) is 0 Å². The summed E-state index contributed by atoms with van der Waals surface area (Å²) >= 11 is 6.14. The van der Waals surface area contributed by atoms with Crippen molar-refractivity contribution in [1.82, 2.24) is 5.32 Å². The summed E-state index contributed by atoms with van der Waals surface area (Å²) in [5.41, 5.74) is 0.433. The maximum absolute atomic E-state index is 6.14. The topological polar surface area (TPSA) is 12.0 Å². The molecule has 0 aliphatic heterocycles. The molecule has 1 aliphatic rings. The van der Waals surface area contributed by atoms with Gasteiger partial charge in [-0.25, -0.2) is 0 Å². The van der Waals surface area contributed by atoms with Gasteiger partial charge in [0.05, 0.1) is 0 Å². The molecule has 1 N–H and O–H groups in total. The fourth-order valence-electron chi connectivity index (χ4n) is 3.04. The van der Waals surface area contributed by atoms with Gasteiger partial charge in [-0.05, 0) is 31.2 Å². The molecule has 0 aromatic rings. The van der Waals surface area contributed by atoms with Crippen LogP contribution in [0.3, 0.4) is 0 Å². The molecule has 0 spiro atoms. The lowest BCUT2D eigenvalue weighted by atomic mass is 9.88. The van der Waals surface area contributed by atoms with Crippen LogP contribution in [0.25, 0.3) is 0 Å². The van der Waals surface area contributed by atoms with Gasteiger partial charge in [0, 0.05) is 12.4 Å². The highest BCUT2D eigenvalue weighted by Gasteiger charge is 2.32. The molecule has 0 aromatic heterocycles. The molecule has 18 heavy (non-hydrogen) atoms. The minimum Gasteiger partial charge on any atom is -0.316 e. The zero-order chi connectivity index (χ0) is 13.1. The number of unbranched alkanes of at least 4 members (excludes halogenated alkanes) is 6. The van der Waals surface area contributed by atoms with Crippen LogP contribution in [0, 0.1) is 5.41 Å². The molecule has 1 saturated carbocycles. The van der Waals surface area contributed by atoms with Gasteiger partial charge in [0.25, 0.3) is 0 Å². The summed E-state index contributed by atoms with van der Waals surface area (Å²) < 4.78 is 0. The lowest BCUT2D eigenvalue weighted by Gasteiger charge is -2.26. The molecule has 1 aliphatic carbocycles. The first-order valence-corrected chi connectivity index (χ1v) is 8.63. The summed E-state index contributed by atoms with van der Waals surface area (Å²) in [6.07, 6.45) is 15.2. The fraction of sp³-hybridized carbons (Fsp3) is 1.00. The van der Waals surface area contributed by atoms with Crippen LogP contribution in [-0.2, 0) is 0 Å². The van der Waals surface area contributed by atoms with Crippen molar-refractivity contribution in [3.8, 4) is 0 Å². The van der Waals surface area contributed by atoms with Gasteiger partial charge in [0.15, 0.2) is 0 Å². The zero-order valence-electron chi connectivity index (χ0n) is 12.3. The SMILES string of the molecule is CCCCCCCCCNCC1(CCl)CCCC1. The van der Waals surface area contributed by atoms with E-state index >= 15 is 0 Å². The number of nitrogens with one attached hydrogen (secondary N) is 1. The third-order valence-corrected chi connectivity index (χ3v) is 4.97. The molecule has 0 unspecified atom stereocenters. The summed E-state index contributed by atoms with van der Waals surface area (Å²) in [6.45, 7) is 4.61. The summed E-state index contributed by atoms with van der Waals surface area (Å²) in [5.74, 6) is 0.844. The van der Waals surface area contributed by atoms with Crippen LogP contribution >= 0.6 is 11.6 Å². The quantitative estimate of drug-likeness (QED) is 0.407. The smallest absolute Gasteiger partial charge is 0.0292 e. The van der Waals surface area contributed by atoms with Crippen LogP contribution < -0.4 is 5.32 Å². The van der Waals surface area contributed by atoms with Crippen LogP contribution in [0.2, 0.25) is 0 Å². The Bertz CT molecular complexity index is 188. The fourth-order valence-corrected chi connectivity index (χ4v) is 3.41. The largest absolute Gasteiger partial charge is 0.316 e. The molecule has 0 atom stereocenters. The van der Waals surface area contributed by atoms with E-state index in [4.69, 9.17) is 11.6 Å². The highest BCUT2D eigenvalue weighted by molar-refractivity contribution is 6.18. The Kier molecular flexibility index (Phi) is 9.14. The van der Waals surface area contributed by atoms with E-state index in [0.717, 1.165) is 12.4 Å². The van der Waals surface area contributed by atoms with Crippen molar-refractivity contribution in [1.29, 1.82) is 0 Å². The molecule has 0 saturated heterocycles. The van der Waals surface area contributed by atoms with Crippen molar-refractivity contribution in [2.24, 2.45) is 5.41 Å². The second-order valence-electron chi connectivity index (χ2n) is 6.14. The van der Waals surface area contributed by atoms with Gasteiger partial charge in [-0.15, -0.1) is 11.6 Å². The van der Waals surface area contributed by atoms with Gasteiger partial charge in [-0.3, -0.25) is 0 Å². The van der Waals surface area contributed by atoms with Crippen LogP contribution in [0.1, 0.15) is 77.6 Å². The van der Waals surface area contributed by atoms with Crippen molar-refractivity contribution in [2.45, 2.75) is 77.6 Å². The second-order valence-corrected chi connectivity index (χ2v) is 6.41. The van der Waals surface area contributed by atoms with Crippen molar-refractivity contribution >= 4 is 11.6 Å². The van der Waals surface area contributed by atoms with Crippen LogP contribution in [0.4, 0.5) is 0 Å². The van der Waals surface area contributed by atoms with E-state index < -0.39 is 0 Å². The van der Waals surface area contributed by atoms with Crippen molar-refractivity contribution in [2.75, 3.05) is 19.0 Å². The molecule has 0 aromatic carbocycles. The van der Waals surface area contributed by atoms with E-state index in [1.807, 2.05) is 0 Å². The van der Waals surface area contributed by atoms with Crippen molar-refractivity contribution in [3.05, 3.63) is 0 Å². The van der Waals surface area contributed by atoms with Gasteiger partial charge >= 0.3 is 0 Å². The lowest BCUT2D eigenvalue weighted by molar-refractivity contribution is 0.320. The summed E-state index contributed by atoms with van der Waals surface area (Å²) in [5, 5.41) is 3.64. The van der Waals surface area contributed by atoms with Crippen molar-refractivity contribution in [3.63, 3.8) is 0 Å². The number of alkyl halides is 1. The zero-order valence-corrected chi connectivity index (χ0v) is 13.0. The molecular formula is C16H32ClN. The van der Waals surface area contributed by atoms with E-state index in [1.165, 1.54) is 77.2 Å². The van der Waals surface area contributed by atoms with Gasteiger partial charge < -0.3 is 5.32 Å². The number of halogens is 1. The van der Waals surface area contributed by atoms with E-state index in [9.17, 15) is 0 Å². The maximum Gasteiger partial charge on any atom is 0.0292 e. The van der Waals surface area contributed by atoms with Gasteiger partial charge in [-0.1, -0.05) is 58.3 Å². The Hall–Kier alpha value is 0.250. The number of hydrogen-bond acceptors (Lipinski definition) is 1. The predicted molar refractivity (Wildman–Crippen MR) is 82.5 cm³/mol. The van der Waals surface area contributed by atoms with E-state index in [0.29, 0.717) is 5.41 Å². The van der Waals surface area contributed by atoms with E-state index in [2.05, 4.69) is 12.2 Å². The lowest BCUT2D eigenvalue weighted by Crippen LogP contribution is -2.34. The van der Waals surface area contributed by atoms with E-state index in [-0.39, 0.29) is 0 Å². The first kappa shape index (κ1) is 16.3. The molecule has 2 heteroatoms. The molecule has 0 heterocycles. The first-order chi connectivity index (χ1) is 8.83. The average molecular weight is 274 g/mol. The third kappa shape index (κ3) is 6.43. The minimum atomic E-state index is 0.433. The summed E-state index contributed by atoms with van der Waals surface area (Å²) in [4.78, 5) is 0. The highest BCUT2D eigenvalue weighted by atomic mass is 35.5. The number of hydrogen-bond donors (Lipinski definition) is 1. The van der Waals surface area contributed by atoms with Crippen LogP contribution in [0.15, 0.2) is 0 Å². The van der Waals surface area contributed by atoms with Crippen LogP contribution in [0.5, 0.6) is 0 Å². The van der Waals surface area contributed by atoms with Crippen molar-refractivity contribution < 1.29 is 0 Å². The Labute approximate surface area is 119 Å². The van der Waals surface area contributed by atoms with E-state index in [1.54, 1.807) is 0 Å². The van der Waals surface area contributed by atoms with Gasteiger partial charge in [0.1, 0.15) is 0 Å². The Morgan fingerprint density at radius 1 is 0.944 bits per heavy atom. The maximum atomic E-state index is 6.14. The highest BCUT2D eigenvalue weighted by Crippen LogP contribution is 2.38. The molecule has 0 radical (unpaired) electrons. The predicted octanol–water partition coefficient (Wildman–Crippen LogP) is 5.13. The molecule has 1 fully saturated rings. The summed E-state index contributed by atoms with van der Waals surface area (Å²) in [6, 6.07) is 0. The Morgan fingerprint density at radius 3 is 2.17 bits per heavy atom. The van der Waals surface area contributed by atoms with Crippen LogP contribution in [-0.4, -0.2) is 19.0 Å². The second kappa shape index (κ2) is 10.1. The molecule has 108 valence electrons.